The minimum Gasteiger partial charge on any atom is -0.493 e. The highest BCUT2D eigenvalue weighted by Gasteiger charge is 2.51. The van der Waals surface area contributed by atoms with Crippen molar-refractivity contribution in [1.29, 1.82) is 0 Å². The number of rotatable bonds is 6. The molecule has 0 unspecified atom stereocenters. The van der Waals surface area contributed by atoms with Gasteiger partial charge >= 0.3 is 6.09 Å². The van der Waals surface area contributed by atoms with Crippen molar-refractivity contribution in [3.8, 4) is 23.0 Å². The van der Waals surface area contributed by atoms with Gasteiger partial charge in [-0.25, -0.2) is 4.79 Å². The maximum absolute atomic E-state index is 12.5. The van der Waals surface area contributed by atoms with E-state index in [0.29, 0.717) is 36.0 Å². The van der Waals surface area contributed by atoms with E-state index in [9.17, 15) is 4.79 Å². The van der Waals surface area contributed by atoms with Crippen molar-refractivity contribution in [3.63, 3.8) is 0 Å². The van der Waals surface area contributed by atoms with Crippen molar-refractivity contribution in [1.82, 2.24) is 5.32 Å². The molecule has 2 aliphatic carbocycles. The largest absolute Gasteiger partial charge is 0.493 e. The summed E-state index contributed by atoms with van der Waals surface area (Å²) < 4.78 is 27.4. The molecule has 2 aromatic carbocycles. The van der Waals surface area contributed by atoms with Crippen molar-refractivity contribution in [2.24, 2.45) is 0 Å². The van der Waals surface area contributed by atoms with E-state index in [1.807, 2.05) is 24.3 Å². The zero-order valence-electron chi connectivity index (χ0n) is 18.0. The lowest BCUT2D eigenvalue weighted by atomic mass is 9.76. The van der Waals surface area contributed by atoms with Crippen molar-refractivity contribution in [2.75, 3.05) is 35.0 Å². The Morgan fingerprint density at radius 2 is 1.50 bits per heavy atom. The van der Waals surface area contributed by atoms with Gasteiger partial charge in [-0.05, 0) is 59.9 Å². The number of ether oxygens (including phenoxy) is 5. The van der Waals surface area contributed by atoms with E-state index in [0.717, 1.165) is 23.1 Å². The summed E-state index contributed by atoms with van der Waals surface area (Å²) in [5.41, 5.74) is 3.80. The van der Waals surface area contributed by atoms with Gasteiger partial charge in [0.25, 0.3) is 0 Å². The lowest BCUT2D eigenvalue weighted by Crippen LogP contribution is -2.47. The number of benzene rings is 2. The Hall–Kier alpha value is -3.09. The molecule has 4 rings (SSSR count). The van der Waals surface area contributed by atoms with E-state index in [-0.39, 0.29) is 5.92 Å². The third kappa shape index (κ3) is 3.00. The number of carbonyl (C=O) groups is 1. The van der Waals surface area contributed by atoms with Gasteiger partial charge in [0, 0.05) is 12.3 Å². The normalized spacial score (nSPS) is 20.6. The van der Waals surface area contributed by atoms with Gasteiger partial charge in [0.05, 0.1) is 40.6 Å². The van der Waals surface area contributed by atoms with Crippen molar-refractivity contribution >= 4 is 6.09 Å². The number of amides is 1. The van der Waals surface area contributed by atoms with Gasteiger partial charge < -0.3 is 29.0 Å². The summed E-state index contributed by atoms with van der Waals surface area (Å²) in [7, 11) is 6.50. The number of hydrogen-bond donors (Lipinski definition) is 1. The van der Waals surface area contributed by atoms with Crippen LogP contribution in [0.4, 0.5) is 4.79 Å². The molecule has 0 fully saturated rings. The number of alkyl carbamates (subject to hydrolysis) is 1. The molecular formula is C23H27NO6. The Morgan fingerprint density at radius 3 is 2.10 bits per heavy atom. The number of carbonyl (C=O) groups excluding carboxylic acids is 1. The molecule has 160 valence electrons. The molecule has 0 aliphatic heterocycles. The quantitative estimate of drug-likeness (QED) is 0.777. The molecule has 30 heavy (non-hydrogen) atoms. The second-order valence-electron chi connectivity index (χ2n) is 7.56. The van der Waals surface area contributed by atoms with Gasteiger partial charge in [-0.1, -0.05) is 0 Å². The first-order valence-corrected chi connectivity index (χ1v) is 9.96. The smallest absolute Gasteiger partial charge is 0.407 e. The number of hydrogen-bond acceptors (Lipinski definition) is 6. The fourth-order valence-electron chi connectivity index (χ4n) is 4.88. The fraction of sp³-hybridized carbons (Fsp3) is 0.435. The summed E-state index contributed by atoms with van der Waals surface area (Å²) in [6.07, 6.45) is 0.906. The summed E-state index contributed by atoms with van der Waals surface area (Å²) >= 11 is 0. The summed E-state index contributed by atoms with van der Waals surface area (Å²) in [6.45, 7) is 2.11. The number of fused-ring (bicyclic) bond motifs is 7. The van der Waals surface area contributed by atoms with E-state index in [1.54, 1.807) is 35.4 Å². The second kappa shape index (κ2) is 7.63. The van der Waals surface area contributed by atoms with E-state index in [2.05, 4.69) is 5.32 Å². The van der Waals surface area contributed by atoms with Crippen molar-refractivity contribution in [2.45, 2.75) is 31.2 Å². The van der Waals surface area contributed by atoms with Crippen LogP contribution in [-0.2, 0) is 16.7 Å². The SMILES string of the molecule is CCOC(=O)N[C@]12Cc3cc(OC)c(OC)cc3[C@H](C1)c1cc(OC)c(OC)cc12. The van der Waals surface area contributed by atoms with E-state index >= 15 is 0 Å². The fourth-order valence-corrected chi connectivity index (χ4v) is 4.88. The molecule has 7 heteroatoms. The van der Waals surface area contributed by atoms with Gasteiger partial charge in [-0.2, -0.15) is 0 Å². The van der Waals surface area contributed by atoms with Crippen LogP contribution >= 0.6 is 0 Å². The van der Waals surface area contributed by atoms with E-state index in [1.165, 1.54) is 5.56 Å². The standard InChI is InChI=1S/C23H27NO6/c1-6-30-22(25)24-23-11-13-7-18(26-2)19(27-3)8-14(13)16(12-23)15-9-20(28-4)21(29-5)10-17(15)23/h7-10,16H,6,11-12H2,1-5H3,(H,24,25)/t16-,23+/m0/s1. The van der Waals surface area contributed by atoms with E-state index in [4.69, 9.17) is 23.7 Å². The van der Waals surface area contributed by atoms with E-state index < -0.39 is 11.6 Å². The first kappa shape index (κ1) is 20.2. The highest BCUT2D eigenvalue weighted by atomic mass is 16.5. The van der Waals surface area contributed by atoms with Gasteiger partial charge in [-0.15, -0.1) is 0 Å². The Kier molecular flexibility index (Phi) is 5.13. The van der Waals surface area contributed by atoms with Crippen LogP contribution in [-0.4, -0.2) is 41.1 Å². The lowest BCUT2D eigenvalue weighted by Gasteiger charge is -2.36. The number of nitrogens with one attached hydrogen (secondary N) is 1. The first-order chi connectivity index (χ1) is 14.5. The minimum absolute atomic E-state index is 0.0743. The summed E-state index contributed by atoms with van der Waals surface area (Å²) in [4.78, 5) is 12.5. The molecule has 1 N–H and O–H groups in total. The zero-order valence-corrected chi connectivity index (χ0v) is 18.0. The monoisotopic (exact) mass is 413 g/mol. The molecule has 2 atom stereocenters. The second-order valence-corrected chi connectivity index (χ2v) is 7.56. The summed E-state index contributed by atoms with van der Waals surface area (Å²) in [5.74, 6) is 2.73. The van der Waals surface area contributed by atoms with Crippen LogP contribution in [0.2, 0.25) is 0 Å². The van der Waals surface area contributed by atoms with Crippen LogP contribution in [0.25, 0.3) is 0 Å². The summed E-state index contributed by atoms with van der Waals surface area (Å²) in [5, 5.41) is 3.15. The van der Waals surface area contributed by atoms with Crippen LogP contribution in [0.1, 0.15) is 41.5 Å². The lowest BCUT2D eigenvalue weighted by molar-refractivity contribution is 0.135. The third-order valence-electron chi connectivity index (χ3n) is 6.13. The molecule has 0 saturated carbocycles. The van der Waals surface area contributed by atoms with Crippen LogP contribution in [0.3, 0.4) is 0 Å². The average Bonchev–Trinajstić information content (AvgIpc) is 3.00. The number of methoxy groups -OCH3 is 4. The van der Waals surface area contributed by atoms with Gasteiger partial charge in [0.2, 0.25) is 0 Å². The van der Waals surface area contributed by atoms with Crippen LogP contribution in [0, 0.1) is 0 Å². The molecule has 0 aromatic heterocycles. The molecule has 0 heterocycles. The molecule has 0 spiro atoms. The van der Waals surface area contributed by atoms with Gasteiger partial charge in [0.15, 0.2) is 23.0 Å². The first-order valence-electron chi connectivity index (χ1n) is 9.96. The predicted octanol–water partition coefficient (Wildman–Crippen LogP) is 3.75. The topological polar surface area (TPSA) is 75.3 Å². The molecule has 0 saturated heterocycles. The Balaban J connectivity index is 1.91. The molecule has 1 amide bonds. The Labute approximate surface area is 176 Å². The molecule has 7 nitrogen and oxygen atoms in total. The maximum atomic E-state index is 12.5. The minimum atomic E-state index is -0.599. The van der Waals surface area contributed by atoms with Crippen LogP contribution in [0.5, 0.6) is 23.0 Å². The van der Waals surface area contributed by atoms with Crippen LogP contribution in [0.15, 0.2) is 24.3 Å². The highest BCUT2D eigenvalue weighted by molar-refractivity contribution is 5.72. The maximum Gasteiger partial charge on any atom is 0.407 e. The van der Waals surface area contributed by atoms with Crippen molar-refractivity contribution in [3.05, 3.63) is 46.5 Å². The van der Waals surface area contributed by atoms with Gasteiger partial charge in [0.1, 0.15) is 0 Å². The van der Waals surface area contributed by atoms with Crippen LogP contribution < -0.4 is 24.3 Å². The third-order valence-corrected chi connectivity index (χ3v) is 6.13. The highest BCUT2D eigenvalue weighted by Crippen LogP contribution is 2.57. The molecule has 2 aliphatic rings. The molecular weight excluding hydrogens is 386 g/mol. The molecule has 0 radical (unpaired) electrons. The Morgan fingerprint density at radius 1 is 0.933 bits per heavy atom. The summed E-state index contributed by atoms with van der Waals surface area (Å²) in [6, 6.07) is 8.03. The Bertz CT molecular complexity index is 988. The average molecular weight is 413 g/mol. The zero-order chi connectivity index (χ0) is 21.5. The van der Waals surface area contributed by atoms with Crippen molar-refractivity contribution < 1.29 is 28.5 Å². The predicted molar refractivity (Wildman–Crippen MR) is 111 cm³/mol. The van der Waals surface area contributed by atoms with Gasteiger partial charge in [-0.3, -0.25) is 0 Å². The molecule has 2 bridgehead atoms. The molecule has 2 aromatic rings.